The SMILES string of the molecule is Cc1cccc(-c2nc(C(=O)Nc3ccc4c(c3)B(O)OC4)nn2C)n1. The largest absolute Gasteiger partial charge is 0.491 e. The molecule has 0 saturated heterocycles. The maximum atomic E-state index is 12.5. The zero-order valence-electron chi connectivity index (χ0n) is 14.3. The van der Waals surface area contributed by atoms with E-state index < -0.39 is 13.0 Å². The lowest BCUT2D eigenvalue weighted by molar-refractivity contribution is 0.101. The summed E-state index contributed by atoms with van der Waals surface area (Å²) < 4.78 is 6.68. The van der Waals surface area contributed by atoms with Gasteiger partial charge >= 0.3 is 7.12 Å². The molecular weight excluding hydrogens is 333 g/mol. The second kappa shape index (κ2) is 6.36. The molecule has 2 aromatic heterocycles. The number of benzene rings is 1. The van der Waals surface area contributed by atoms with Crippen molar-refractivity contribution >= 4 is 24.2 Å². The van der Waals surface area contributed by atoms with Gasteiger partial charge in [-0.15, -0.1) is 5.10 Å². The van der Waals surface area contributed by atoms with E-state index in [0.717, 1.165) is 11.3 Å². The predicted octanol–water partition coefficient (Wildman–Crippen LogP) is 0.656. The van der Waals surface area contributed by atoms with Gasteiger partial charge in [0, 0.05) is 18.4 Å². The minimum atomic E-state index is -0.964. The van der Waals surface area contributed by atoms with E-state index in [9.17, 15) is 9.82 Å². The van der Waals surface area contributed by atoms with Gasteiger partial charge in [-0.3, -0.25) is 4.79 Å². The Hall–Kier alpha value is -3.04. The van der Waals surface area contributed by atoms with Gasteiger partial charge in [0.2, 0.25) is 5.82 Å². The van der Waals surface area contributed by atoms with Crippen molar-refractivity contribution in [3.63, 3.8) is 0 Å². The Kier molecular flexibility index (Phi) is 4.02. The van der Waals surface area contributed by atoms with Crippen molar-refractivity contribution < 1.29 is 14.5 Å². The van der Waals surface area contributed by atoms with Crippen LogP contribution in [0.5, 0.6) is 0 Å². The third-order valence-electron chi connectivity index (χ3n) is 4.15. The molecular formula is C17H16BN5O3. The number of rotatable bonds is 3. The first-order valence-corrected chi connectivity index (χ1v) is 8.10. The Morgan fingerprint density at radius 3 is 2.96 bits per heavy atom. The molecule has 8 nitrogen and oxygen atoms in total. The third kappa shape index (κ3) is 2.98. The molecule has 0 radical (unpaired) electrons. The number of pyridine rings is 1. The Morgan fingerprint density at radius 2 is 2.15 bits per heavy atom. The summed E-state index contributed by atoms with van der Waals surface area (Å²) in [6, 6.07) is 10.8. The number of hydrogen-bond donors (Lipinski definition) is 2. The fourth-order valence-electron chi connectivity index (χ4n) is 2.85. The first-order valence-electron chi connectivity index (χ1n) is 8.10. The minimum absolute atomic E-state index is 0.0445. The number of aryl methyl sites for hydroxylation is 2. The van der Waals surface area contributed by atoms with E-state index in [-0.39, 0.29) is 5.82 Å². The first-order chi connectivity index (χ1) is 12.5. The van der Waals surface area contributed by atoms with Crippen LogP contribution in [-0.4, -0.2) is 37.8 Å². The quantitative estimate of drug-likeness (QED) is 0.674. The summed E-state index contributed by atoms with van der Waals surface area (Å²) in [7, 11) is 0.750. The van der Waals surface area contributed by atoms with Crippen LogP contribution in [0.25, 0.3) is 11.5 Å². The molecule has 1 amide bonds. The van der Waals surface area contributed by atoms with Crippen LogP contribution < -0.4 is 10.8 Å². The number of carbonyl (C=O) groups excluding carboxylic acids is 1. The topological polar surface area (TPSA) is 102 Å². The number of amides is 1. The second-order valence-corrected chi connectivity index (χ2v) is 6.08. The molecule has 0 spiro atoms. The van der Waals surface area contributed by atoms with E-state index in [1.54, 1.807) is 19.2 Å². The van der Waals surface area contributed by atoms with E-state index in [0.29, 0.717) is 29.3 Å². The molecule has 26 heavy (non-hydrogen) atoms. The van der Waals surface area contributed by atoms with Crippen molar-refractivity contribution in [1.29, 1.82) is 0 Å². The lowest BCUT2D eigenvalue weighted by Crippen LogP contribution is -2.28. The number of nitrogens with one attached hydrogen (secondary N) is 1. The Labute approximate surface area is 150 Å². The van der Waals surface area contributed by atoms with Crippen molar-refractivity contribution in [2.24, 2.45) is 7.05 Å². The van der Waals surface area contributed by atoms with Gasteiger partial charge in [-0.25, -0.2) is 14.6 Å². The highest BCUT2D eigenvalue weighted by atomic mass is 16.5. The number of aromatic nitrogens is 4. The fraction of sp³-hybridized carbons (Fsp3) is 0.176. The van der Waals surface area contributed by atoms with E-state index in [1.165, 1.54) is 4.68 Å². The van der Waals surface area contributed by atoms with Crippen LogP contribution in [0.2, 0.25) is 0 Å². The zero-order valence-corrected chi connectivity index (χ0v) is 14.3. The molecule has 1 aliphatic rings. The maximum absolute atomic E-state index is 12.5. The van der Waals surface area contributed by atoms with Gasteiger partial charge in [-0.2, -0.15) is 0 Å². The number of hydrogen-bond acceptors (Lipinski definition) is 6. The molecule has 4 rings (SSSR count). The van der Waals surface area contributed by atoms with Crippen LogP contribution in [0.3, 0.4) is 0 Å². The highest BCUT2D eigenvalue weighted by Crippen LogP contribution is 2.17. The van der Waals surface area contributed by atoms with Crippen molar-refractivity contribution in [3.05, 3.63) is 53.5 Å². The van der Waals surface area contributed by atoms with Gasteiger partial charge in [0.1, 0.15) is 5.69 Å². The Balaban J connectivity index is 1.58. The summed E-state index contributed by atoms with van der Waals surface area (Å²) in [5.74, 6) is 0.118. The van der Waals surface area contributed by atoms with Gasteiger partial charge in [0.25, 0.3) is 5.91 Å². The Bertz CT molecular complexity index is 1000. The van der Waals surface area contributed by atoms with Crippen LogP contribution in [0.15, 0.2) is 36.4 Å². The lowest BCUT2D eigenvalue weighted by Gasteiger charge is -2.05. The summed E-state index contributed by atoms with van der Waals surface area (Å²) in [4.78, 5) is 21.2. The van der Waals surface area contributed by atoms with Gasteiger partial charge in [0.05, 0.1) is 6.61 Å². The standard InChI is InChI=1S/C17H16BN5O3/c1-10-4-3-5-14(19-10)16-21-15(22-23(16)2)17(24)20-12-7-6-11-9-26-18(25)13(11)8-12/h3-8,25H,9H2,1-2H3,(H,20,24). The van der Waals surface area contributed by atoms with Crippen molar-refractivity contribution in [2.75, 3.05) is 5.32 Å². The number of carbonyl (C=O) groups is 1. The second-order valence-electron chi connectivity index (χ2n) is 6.08. The summed E-state index contributed by atoms with van der Waals surface area (Å²) in [5, 5.41) is 16.7. The highest BCUT2D eigenvalue weighted by Gasteiger charge is 2.27. The van der Waals surface area contributed by atoms with Gasteiger partial charge in [0.15, 0.2) is 5.82 Å². The molecule has 1 aliphatic heterocycles. The van der Waals surface area contributed by atoms with Crippen LogP contribution in [-0.2, 0) is 18.3 Å². The van der Waals surface area contributed by atoms with Crippen molar-refractivity contribution in [1.82, 2.24) is 19.7 Å². The van der Waals surface area contributed by atoms with E-state index in [4.69, 9.17) is 4.65 Å². The van der Waals surface area contributed by atoms with Crippen LogP contribution >= 0.6 is 0 Å². The molecule has 1 aromatic carbocycles. The molecule has 3 heterocycles. The third-order valence-corrected chi connectivity index (χ3v) is 4.15. The summed E-state index contributed by atoms with van der Waals surface area (Å²) in [6.07, 6.45) is 0. The van der Waals surface area contributed by atoms with Crippen LogP contribution in [0.1, 0.15) is 21.9 Å². The maximum Gasteiger partial charge on any atom is 0.491 e. The molecule has 0 fully saturated rings. The first kappa shape index (κ1) is 16.4. The van der Waals surface area contributed by atoms with Crippen molar-refractivity contribution in [2.45, 2.75) is 13.5 Å². The minimum Gasteiger partial charge on any atom is -0.423 e. The van der Waals surface area contributed by atoms with Crippen molar-refractivity contribution in [3.8, 4) is 11.5 Å². The number of nitrogens with zero attached hydrogens (tertiary/aromatic N) is 4. The van der Waals surface area contributed by atoms with Crippen LogP contribution in [0, 0.1) is 6.92 Å². The fourth-order valence-corrected chi connectivity index (χ4v) is 2.85. The zero-order chi connectivity index (χ0) is 18.3. The van der Waals surface area contributed by atoms with Gasteiger partial charge < -0.3 is 15.0 Å². The van der Waals surface area contributed by atoms with Gasteiger partial charge in [-0.05, 0) is 42.2 Å². The molecule has 2 N–H and O–H groups in total. The molecule has 3 aromatic rings. The summed E-state index contributed by atoms with van der Waals surface area (Å²) in [6.45, 7) is 2.25. The predicted molar refractivity (Wildman–Crippen MR) is 95.8 cm³/mol. The molecule has 130 valence electrons. The van der Waals surface area contributed by atoms with E-state index in [1.807, 2.05) is 31.2 Å². The molecule has 0 saturated carbocycles. The average Bonchev–Trinajstić information content (AvgIpc) is 3.18. The average molecular weight is 349 g/mol. The molecule has 0 bridgehead atoms. The Morgan fingerprint density at radius 1 is 1.31 bits per heavy atom. The normalized spacial score (nSPS) is 13.0. The molecule has 0 atom stereocenters. The monoisotopic (exact) mass is 349 g/mol. The van der Waals surface area contributed by atoms with Crippen LogP contribution in [0.4, 0.5) is 5.69 Å². The summed E-state index contributed by atoms with van der Waals surface area (Å²) >= 11 is 0. The number of fused-ring (bicyclic) bond motifs is 1. The van der Waals surface area contributed by atoms with E-state index in [2.05, 4.69) is 20.4 Å². The van der Waals surface area contributed by atoms with E-state index >= 15 is 0 Å². The summed E-state index contributed by atoms with van der Waals surface area (Å²) in [5.41, 5.74) is 3.61. The lowest BCUT2D eigenvalue weighted by atomic mass is 9.79. The molecule has 0 aliphatic carbocycles. The smallest absolute Gasteiger partial charge is 0.423 e. The molecule has 0 unspecified atom stereocenters. The van der Waals surface area contributed by atoms with Gasteiger partial charge in [-0.1, -0.05) is 12.1 Å². The molecule has 9 heteroatoms. The number of anilines is 1. The highest BCUT2D eigenvalue weighted by molar-refractivity contribution is 6.61.